The Morgan fingerprint density at radius 2 is 1.38 bits per heavy atom. The van der Waals surface area contributed by atoms with Gasteiger partial charge in [-0.05, 0) is 66.7 Å². The molecule has 0 bridgehead atoms. The predicted octanol–water partition coefficient (Wildman–Crippen LogP) is 3.97. The van der Waals surface area contributed by atoms with Crippen LogP contribution in [-0.4, -0.2) is 37.2 Å². The van der Waals surface area contributed by atoms with Crippen molar-refractivity contribution in [3.05, 3.63) is 77.8 Å². The normalized spacial score (nSPS) is 11.7. The van der Waals surface area contributed by atoms with Crippen molar-refractivity contribution in [1.82, 2.24) is 0 Å². The average Bonchev–Trinajstić information content (AvgIpc) is 2.76. The minimum absolute atomic E-state index is 0.00383. The first-order chi connectivity index (χ1) is 15.2. The van der Waals surface area contributed by atoms with Gasteiger partial charge in [0.1, 0.15) is 12.4 Å². The summed E-state index contributed by atoms with van der Waals surface area (Å²) < 4.78 is 65.9. The number of nitrogens with one attached hydrogen (secondary N) is 2. The molecule has 3 aromatic rings. The maximum Gasteiger partial charge on any atom is 0.261 e. The van der Waals surface area contributed by atoms with Crippen LogP contribution in [0, 0.1) is 0 Å². The Hall–Kier alpha value is -2.79. The molecule has 0 amide bonds. The summed E-state index contributed by atoms with van der Waals surface area (Å²) in [6, 6.07) is 17.5. The van der Waals surface area contributed by atoms with E-state index in [-0.39, 0.29) is 15.5 Å². The highest BCUT2D eigenvalue weighted by Gasteiger charge is 2.18. The molecule has 0 fully saturated rings. The molecule has 2 N–H and O–H groups in total. The molecule has 0 aliphatic rings. The number of halogens is 1. The van der Waals surface area contributed by atoms with E-state index in [1.807, 2.05) is 0 Å². The first-order valence-electron chi connectivity index (χ1n) is 9.33. The zero-order valence-corrected chi connectivity index (χ0v) is 19.4. The van der Waals surface area contributed by atoms with E-state index in [1.165, 1.54) is 60.7 Å². The molecule has 8 nitrogen and oxygen atoms in total. The lowest BCUT2D eigenvalue weighted by Crippen LogP contribution is -2.15. The molecule has 0 aliphatic carbocycles. The summed E-state index contributed by atoms with van der Waals surface area (Å²) in [7, 11) is -6.33. The minimum Gasteiger partial charge on any atom is -0.491 e. The Morgan fingerprint density at radius 3 is 2.03 bits per heavy atom. The molecule has 0 unspecified atom stereocenters. The second-order valence-corrected chi connectivity index (χ2v) is 10.4. The van der Waals surface area contributed by atoms with Crippen LogP contribution < -0.4 is 14.2 Å². The van der Waals surface area contributed by atoms with Crippen molar-refractivity contribution >= 4 is 43.0 Å². The highest BCUT2D eigenvalue weighted by Crippen LogP contribution is 2.23. The largest absolute Gasteiger partial charge is 0.491 e. The van der Waals surface area contributed by atoms with Crippen LogP contribution in [0.1, 0.15) is 0 Å². The third-order valence-corrected chi connectivity index (χ3v) is 7.21. The molecule has 3 rings (SSSR count). The Bertz CT molecular complexity index is 1260. The molecule has 0 saturated heterocycles. The fraction of sp³-hybridized carbons (Fsp3) is 0.143. The molecule has 11 heteroatoms. The van der Waals surface area contributed by atoms with Gasteiger partial charge in [-0.15, -0.1) is 0 Å². The van der Waals surface area contributed by atoms with Crippen LogP contribution in [0.5, 0.6) is 5.75 Å². The molecule has 0 aromatic heterocycles. The van der Waals surface area contributed by atoms with Crippen molar-refractivity contribution in [2.24, 2.45) is 0 Å². The molecule has 0 spiro atoms. The van der Waals surface area contributed by atoms with Crippen molar-refractivity contribution in [1.29, 1.82) is 0 Å². The summed E-state index contributed by atoms with van der Waals surface area (Å²) in [5.74, 6) is 0.502. The SMILES string of the molecule is COCCOc1ccc(S(=O)(=O)Nc2cccc(S(=O)(=O)Nc3ccc(Cl)cc3)c2)cc1. The number of methoxy groups -OCH3 is 1. The maximum atomic E-state index is 12.7. The van der Waals surface area contributed by atoms with E-state index in [2.05, 4.69) is 9.44 Å². The fourth-order valence-electron chi connectivity index (χ4n) is 2.63. The predicted molar refractivity (Wildman–Crippen MR) is 123 cm³/mol. The molecule has 170 valence electrons. The van der Waals surface area contributed by atoms with Crippen molar-refractivity contribution in [2.75, 3.05) is 29.8 Å². The standard InChI is InChI=1S/C21H21ClN2O6S2/c1-29-13-14-30-19-9-11-20(12-10-19)31(25,26)24-18-3-2-4-21(15-18)32(27,28)23-17-7-5-16(22)6-8-17/h2-12,15,23-24H,13-14H2,1H3. The van der Waals surface area contributed by atoms with Crippen LogP contribution in [-0.2, 0) is 24.8 Å². The van der Waals surface area contributed by atoms with Gasteiger partial charge in [0.05, 0.1) is 22.1 Å². The van der Waals surface area contributed by atoms with Gasteiger partial charge in [0.15, 0.2) is 0 Å². The number of benzene rings is 3. The van der Waals surface area contributed by atoms with Gasteiger partial charge in [0.2, 0.25) is 0 Å². The van der Waals surface area contributed by atoms with Gasteiger partial charge in [-0.3, -0.25) is 9.44 Å². The van der Waals surface area contributed by atoms with E-state index in [4.69, 9.17) is 21.1 Å². The fourth-order valence-corrected chi connectivity index (χ4v) is 4.91. The zero-order chi connectivity index (χ0) is 23.2. The van der Waals surface area contributed by atoms with E-state index >= 15 is 0 Å². The number of hydrogen-bond donors (Lipinski definition) is 2. The summed E-state index contributed by atoms with van der Waals surface area (Å²) in [6.45, 7) is 0.750. The Kier molecular flexibility index (Phi) is 7.62. The van der Waals surface area contributed by atoms with Crippen LogP contribution in [0.15, 0.2) is 82.6 Å². The van der Waals surface area contributed by atoms with Gasteiger partial charge in [-0.2, -0.15) is 0 Å². The molecule has 0 aliphatic heterocycles. The van der Waals surface area contributed by atoms with E-state index in [0.29, 0.717) is 29.7 Å². The van der Waals surface area contributed by atoms with Crippen molar-refractivity contribution in [3.8, 4) is 5.75 Å². The minimum atomic E-state index is -3.94. The monoisotopic (exact) mass is 496 g/mol. The van der Waals surface area contributed by atoms with Gasteiger partial charge in [-0.1, -0.05) is 17.7 Å². The summed E-state index contributed by atoms with van der Waals surface area (Å²) in [6.07, 6.45) is 0. The lowest BCUT2D eigenvalue weighted by Gasteiger charge is -2.12. The second-order valence-electron chi connectivity index (χ2n) is 6.56. The van der Waals surface area contributed by atoms with Gasteiger partial charge in [-0.25, -0.2) is 16.8 Å². The van der Waals surface area contributed by atoms with Crippen LogP contribution in [0.2, 0.25) is 5.02 Å². The summed E-state index contributed by atoms with van der Waals surface area (Å²) in [5, 5.41) is 0.471. The maximum absolute atomic E-state index is 12.7. The summed E-state index contributed by atoms with van der Waals surface area (Å²) in [4.78, 5) is -0.0984. The molecule has 32 heavy (non-hydrogen) atoms. The van der Waals surface area contributed by atoms with E-state index < -0.39 is 20.0 Å². The third-order valence-electron chi connectivity index (χ3n) is 4.18. The van der Waals surface area contributed by atoms with Crippen LogP contribution >= 0.6 is 11.6 Å². The molecular weight excluding hydrogens is 476 g/mol. The smallest absolute Gasteiger partial charge is 0.261 e. The highest BCUT2D eigenvalue weighted by molar-refractivity contribution is 7.93. The Morgan fingerprint density at radius 1 is 0.750 bits per heavy atom. The molecule has 0 radical (unpaired) electrons. The summed E-state index contributed by atoms with van der Waals surface area (Å²) >= 11 is 5.82. The number of rotatable bonds is 10. The van der Waals surface area contributed by atoms with Crippen molar-refractivity contribution < 1.29 is 26.3 Å². The van der Waals surface area contributed by atoms with Crippen LogP contribution in [0.25, 0.3) is 0 Å². The van der Waals surface area contributed by atoms with Gasteiger partial charge in [0.25, 0.3) is 20.0 Å². The van der Waals surface area contributed by atoms with Gasteiger partial charge < -0.3 is 9.47 Å². The van der Waals surface area contributed by atoms with Crippen molar-refractivity contribution in [2.45, 2.75) is 9.79 Å². The molecular formula is C21H21ClN2O6S2. The third kappa shape index (κ3) is 6.36. The van der Waals surface area contributed by atoms with Crippen LogP contribution in [0.4, 0.5) is 11.4 Å². The second kappa shape index (κ2) is 10.2. The lowest BCUT2D eigenvalue weighted by molar-refractivity contribution is 0.146. The van der Waals surface area contributed by atoms with Gasteiger partial charge in [0, 0.05) is 17.8 Å². The zero-order valence-electron chi connectivity index (χ0n) is 17.0. The first-order valence-corrected chi connectivity index (χ1v) is 12.7. The van der Waals surface area contributed by atoms with E-state index in [9.17, 15) is 16.8 Å². The van der Waals surface area contributed by atoms with Gasteiger partial charge >= 0.3 is 0 Å². The summed E-state index contributed by atoms with van der Waals surface area (Å²) in [5.41, 5.74) is 0.428. The molecule has 0 saturated carbocycles. The molecule has 3 aromatic carbocycles. The number of sulfonamides is 2. The number of ether oxygens (including phenoxy) is 2. The Labute approximate surface area is 192 Å². The number of hydrogen-bond acceptors (Lipinski definition) is 6. The quantitative estimate of drug-likeness (QED) is 0.411. The first kappa shape index (κ1) is 23.9. The topological polar surface area (TPSA) is 111 Å². The number of anilines is 2. The Balaban J connectivity index is 1.75. The molecule has 0 atom stereocenters. The highest BCUT2D eigenvalue weighted by atomic mass is 35.5. The van der Waals surface area contributed by atoms with Crippen LogP contribution in [0.3, 0.4) is 0 Å². The van der Waals surface area contributed by atoms with E-state index in [1.54, 1.807) is 19.2 Å². The van der Waals surface area contributed by atoms with Crippen molar-refractivity contribution in [3.63, 3.8) is 0 Å². The average molecular weight is 497 g/mol. The molecule has 0 heterocycles. The lowest BCUT2D eigenvalue weighted by atomic mass is 10.3. The van der Waals surface area contributed by atoms with E-state index in [0.717, 1.165) is 0 Å².